The number of aromatic nitrogens is 1. The summed E-state index contributed by atoms with van der Waals surface area (Å²) in [5.74, 6) is 0.534. The number of thiazole rings is 1. The van der Waals surface area contributed by atoms with Crippen molar-refractivity contribution in [3.8, 4) is 0 Å². The zero-order valence-corrected chi connectivity index (χ0v) is 12.9. The van der Waals surface area contributed by atoms with E-state index in [0.29, 0.717) is 12.0 Å². The second-order valence-corrected chi connectivity index (χ2v) is 6.19. The Labute approximate surface area is 119 Å². The lowest BCUT2D eigenvalue weighted by molar-refractivity contribution is 0.168. The van der Waals surface area contributed by atoms with Crippen LogP contribution in [0.5, 0.6) is 0 Å². The van der Waals surface area contributed by atoms with E-state index >= 15 is 0 Å². The average molecular weight is 284 g/mol. The summed E-state index contributed by atoms with van der Waals surface area (Å²) in [6.45, 7) is 7.63. The van der Waals surface area contributed by atoms with Crippen molar-refractivity contribution in [2.75, 3.05) is 33.5 Å². The maximum atomic E-state index is 5.53. The molecule has 1 aliphatic rings. The van der Waals surface area contributed by atoms with Crippen molar-refractivity contribution in [2.24, 2.45) is 5.92 Å². The van der Waals surface area contributed by atoms with Crippen LogP contribution in [0.25, 0.3) is 0 Å². The van der Waals surface area contributed by atoms with Gasteiger partial charge in [-0.05, 0) is 19.8 Å². The van der Waals surface area contributed by atoms with Crippen LogP contribution in [0.4, 0.5) is 0 Å². The van der Waals surface area contributed by atoms with E-state index in [0.717, 1.165) is 39.2 Å². The van der Waals surface area contributed by atoms with E-state index in [4.69, 9.17) is 14.5 Å². The van der Waals surface area contributed by atoms with E-state index < -0.39 is 0 Å². The van der Waals surface area contributed by atoms with Gasteiger partial charge in [-0.1, -0.05) is 6.92 Å². The molecule has 1 fully saturated rings. The number of nitrogens with one attached hydrogen (secondary N) is 1. The monoisotopic (exact) mass is 284 g/mol. The second-order valence-electron chi connectivity index (χ2n) is 4.96. The van der Waals surface area contributed by atoms with E-state index in [1.54, 1.807) is 7.11 Å². The largest absolute Gasteiger partial charge is 0.383 e. The number of rotatable bonds is 7. The maximum Gasteiger partial charge on any atom is 0.110 e. The van der Waals surface area contributed by atoms with Crippen LogP contribution in [-0.2, 0) is 15.9 Å². The van der Waals surface area contributed by atoms with Gasteiger partial charge in [0.1, 0.15) is 5.01 Å². The lowest BCUT2D eigenvalue weighted by Crippen LogP contribution is -2.31. The van der Waals surface area contributed by atoms with Crippen LogP contribution < -0.4 is 5.32 Å². The Hall–Kier alpha value is -0.490. The molecular formula is C14H24N2O2S. The molecular weight excluding hydrogens is 260 g/mol. The van der Waals surface area contributed by atoms with Gasteiger partial charge in [0.15, 0.2) is 0 Å². The fourth-order valence-corrected chi connectivity index (χ4v) is 3.68. The molecule has 1 aromatic rings. The van der Waals surface area contributed by atoms with E-state index in [1.807, 2.05) is 11.3 Å². The van der Waals surface area contributed by atoms with Gasteiger partial charge in [0.25, 0.3) is 0 Å². The van der Waals surface area contributed by atoms with Gasteiger partial charge in [-0.25, -0.2) is 4.98 Å². The molecule has 0 bridgehead atoms. The summed E-state index contributed by atoms with van der Waals surface area (Å²) in [7, 11) is 1.73. The molecule has 2 heterocycles. The average Bonchev–Trinajstić information content (AvgIpc) is 3.04. The smallest absolute Gasteiger partial charge is 0.110 e. The van der Waals surface area contributed by atoms with E-state index in [9.17, 15) is 0 Å². The van der Waals surface area contributed by atoms with Gasteiger partial charge in [0.05, 0.1) is 24.9 Å². The van der Waals surface area contributed by atoms with Gasteiger partial charge in [-0.2, -0.15) is 0 Å². The molecule has 19 heavy (non-hydrogen) atoms. The Balaban J connectivity index is 2.10. The molecule has 108 valence electrons. The fourth-order valence-electron chi connectivity index (χ4n) is 2.50. The Bertz CT molecular complexity index is 389. The highest BCUT2D eigenvalue weighted by Gasteiger charge is 2.29. The Morgan fingerprint density at radius 2 is 2.42 bits per heavy atom. The van der Waals surface area contributed by atoms with Crippen molar-refractivity contribution in [1.29, 1.82) is 0 Å². The summed E-state index contributed by atoms with van der Waals surface area (Å²) in [6, 6.07) is 0.307. The first kappa shape index (κ1) is 14.9. The minimum Gasteiger partial charge on any atom is -0.383 e. The van der Waals surface area contributed by atoms with Crippen molar-refractivity contribution in [2.45, 2.75) is 32.7 Å². The van der Waals surface area contributed by atoms with Gasteiger partial charge >= 0.3 is 0 Å². The first-order valence-corrected chi connectivity index (χ1v) is 7.84. The topological polar surface area (TPSA) is 43.4 Å². The molecule has 1 aromatic heterocycles. The molecule has 1 aliphatic heterocycles. The minimum absolute atomic E-state index is 0.307. The summed E-state index contributed by atoms with van der Waals surface area (Å²) >= 11 is 1.82. The van der Waals surface area contributed by atoms with Crippen LogP contribution >= 0.6 is 11.3 Å². The normalized spacial score (nSPS) is 20.9. The number of ether oxygens (including phenoxy) is 2. The summed E-state index contributed by atoms with van der Waals surface area (Å²) in [6.07, 6.45) is 2.12. The standard InChI is InChI=1S/C14H24N2O2S/c1-4-12-10(2)19-14(16-12)13(15-6-8-17-3)11-5-7-18-9-11/h11,13,15H,4-9H2,1-3H3. The van der Waals surface area contributed by atoms with E-state index in [-0.39, 0.29) is 0 Å². The fraction of sp³-hybridized carbons (Fsp3) is 0.786. The van der Waals surface area contributed by atoms with Gasteiger partial charge in [0, 0.05) is 31.1 Å². The number of hydrogen-bond donors (Lipinski definition) is 1. The second kappa shape index (κ2) is 7.33. The number of aryl methyl sites for hydroxylation is 2. The van der Waals surface area contributed by atoms with Crippen molar-refractivity contribution in [1.82, 2.24) is 10.3 Å². The zero-order valence-electron chi connectivity index (χ0n) is 12.1. The maximum absolute atomic E-state index is 5.53. The molecule has 0 aliphatic carbocycles. The highest BCUT2D eigenvalue weighted by Crippen LogP contribution is 2.32. The highest BCUT2D eigenvalue weighted by molar-refractivity contribution is 7.11. The molecule has 4 nitrogen and oxygen atoms in total. The third-order valence-electron chi connectivity index (χ3n) is 3.62. The van der Waals surface area contributed by atoms with Gasteiger partial charge in [-0.3, -0.25) is 0 Å². The summed E-state index contributed by atoms with van der Waals surface area (Å²) in [5, 5.41) is 4.80. The van der Waals surface area contributed by atoms with Crippen molar-refractivity contribution >= 4 is 11.3 Å². The van der Waals surface area contributed by atoms with E-state index in [2.05, 4.69) is 19.2 Å². The molecule has 0 spiro atoms. The Kier molecular flexibility index (Phi) is 5.76. The molecule has 0 aromatic carbocycles. The van der Waals surface area contributed by atoms with Crippen LogP contribution in [0.15, 0.2) is 0 Å². The van der Waals surface area contributed by atoms with Crippen molar-refractivity contribution in [3.63, 3.8) is 0 Å². The predicted molar refractivity (Wildman–Crippen MR) is 77.8 cm³/mol. The summed E-state index contributed by atoms with van der Waals surface area (Å²) in [5.41, 5.74) is 1.23. The van der Waals surface area contributed by atoms with Crippen LogP contribution in [0.3, 0.4) is 0 Å². The van der Waals surface area contributed by atoms with Gasteiger partial charge in [-0.15, -0.1) is 11.3 Å². The number of nitrogens with zero attached hydrogens (tertiary/aromatic N) is 1. The molecule has 2 unspecified atom stereocenters. The first-order chi connectivity index (χ1) is 9.26. The quantitative estimate of drug-likeness (QED) is 0.780. The summed E-state index contributed by atoms with van der Waals surface area (Å²) < 4.78 is 10.7. The van der Waals surface area contributed by atoms with Gasteiger partial charge < -0.3 is 14.8 Å². The molecule has 0 amide bonds. The van der Waals surface area contributed by atoms with Crippen molar-refractivity contribution < 1.29 is 9.47 Å². The van der Waals surface area contributed by atoms with Crippen LogP contribution in [-0.4, -0.2) is 38.5 Å². The number of methoxy groups -OCH3 is 1. The van der Waals surface area contributed by atoms with Crippen molar-refractivity contribution in [3.05, 3.63) is 15.6 Å². The minimum atomic E-state index is 0.307. The third kappa shape index (κ3) is 3.75. The molecule has 1 saturated heterocycles. The van der Waals surface area contributed by atoms with Crippen LogP contribution in [0, 0.1) is 12.8 Å². The molecule has 0 saturated carbocycles. The van der Waals surface area contributed by atoms with Crippen LogP contribution in [0.2, 0.25) is 0 Å². The molecule has 1 N–H and O–H groups in total. The number of hydrogen-bond acceptors (Lipinski definition) is 5. The van der Waals surface area contributed by atoms with Gasteiger partial charge in [0.2, 0.25) is 0 Å². The first-order valence-electron chi connectivity index (χ1n) is 7.02. The van der Waals surface area contributed by atoms with E-state index in [1.165, 1.54) is 15.6 Å². The third-order valence-corrected chi connectivity index (χ3v) is 4.71. The lowest BCUT2D eigenvalue weighted by Gasteiger charge is -2.21. The summed E-state index contributed by atoms with van der Waals surface area (Å²) in [4.78, 5) is 6.15. The Morgan fingerprint density at radius 3 is 3.00 bits per heavy atom. The molecule has 0 radical (unpaired) electrons. The lowest BCUT2D eigenvalue weighted by atomic mass is 9.99. The molecule has 2 atom stereocenters. The SMILES string of the molecule is CCc1nc(C(NCCOC)C2CCOC2)sc1C. The highest BCUT2D eigenvalue weighted by atomic mass is 32.1. The zero-order chi connectivity index (χ0) is 13.7. The molecule has 2 rings (SSSR count). The Morgan fingerprint density at radius 1 is 1.58 bits per heavy atom. The predicted octanol–water partition coefficient (Wildman–Crippen LogP) is 2.33. The van der Waals surface area contributed by atoms with Crippen LogP contribution in [0.1, 0.15) is 35.0 Å². The molecule has 5 heteroatoms.